The molecule has 0 radical (unpaired) electrons. The summed E-state index contributed by atoms with van der Waals surface area (Å²) in [6.45, 7) is 9.09. The van der Waals surface area contributed by atoms with Crippen LogP contribution in [0, 0.1) is 17.9 Å². The van der Waals surface area contributed by atoms with Gasteiger partial charge in [-0.25, -0.2) is 4.85 Å². The van der Waals surface area contributed by atoms with Crippen molar-refractivity contribution in [1.82, 2.24) is 18.3 Å². The standard InChI is InChI=1S/C68H36N6S2/c1-70-54-35-59(73-60-31-40(71-55-20-8-2-14-42(55)43-15-3-9-21-56(43)71)26-28-46(60)50-33-52-48-18-6-12-24-65(48)75-67(52)36-62(50)73)39(38-69)30-64(54)74-61-32-41(72-57-22-10-4-16-44(57)45-17-5-11-23-58(45)72)27-29-47(61)51-34-53-49-19-7-13-25-66(49)76-68(53)37-63(51)74/h2-37H. The van der Waals surface area contributed by atoms with Gasteiger partial charge in [0.2, 0.25) is 5.69 Å². The Morgan fingerprint density at radius 2 is 0.697 bits per heavy atom. The highest BCUT2D eigenvalue weighted by molar-refractivity contribution is 7.26. The molecule has 0 spiro atoms. The molecule has 0 atom stereocenters. The molecule has 0 N–H and O–H groups in total. The fraction of sp³-hybridized carbons (Fsp3) is 0. The van der Waals surface area contributed by atoms with Crippen molar-refractivity contribution >= 4 is 156 Å². The predicted molar refractivity (Wildman–Crippen MR) is 321 cm³/mol. The van der Waals surface area contributed by atoms with Crippen LogP contribution in [0.5, 0.6) is 0 Å². The molecule has 0 aliphatic heterocycles. The van der Waals surface area contributed by atoms with Gasteiger partial charge in [-0.05, 0) is 97.1 Å². The first kappa shape index (κ1) is 41.5. The summed E-state index contributed by atoms with van der Waals surface area (Å²) >= 11 is 3.57. The van der Waals surface area contributed by atoms with E-state index in [0.717, 1.165) is 81.8 Å². The third kappa shape index (κ3) is 5.56. The highest BCUT2D eigenvalue weighted by Gasteiger charge is 2.25. The second-order valence-corrected chi connectivity index (χ2v) is 22.0. The van der Waals surface area contributed by atoms with Gasteiger partial charge in [0.15, 0.2) is 0 Å². The van der Waals surface area contributed by atoms with Gasteiger partial charge >= 0.3 is 0 Å². The number of aromatic nitrogens is 4. The summed E-state index contributed by atoms with van der Waals surface area (Å²) in [4.78, 5) is 4.40. The Kier molecular flexibility index (Phi) is 8.36. The molecule has 350 valence electrons. The van der Waals surface area contributed by atoms with E-state index < -0.39 is 0 Å². The Bertz CT molecular complexity index is 5070. The summed E-state index contributed by atoms with van der Waals surface area (Å²) in [7, 11) is 0. The third-order valence-corrected chi connectivity index (χ3v) is 18.3. The molecule has 0 aliphatic rings. The molecular weight excluding hydrogens is 965 g/mol. The molecule has 6 aromatic heterocycles. The van der Waals surface area contributed by atoms with Crippen LogP contribution in [0.1, 0.15) is 5.56 Å². The first-order chi connectivity index (χ1) is 37.6. The number of hydrogen-bond donors (Lipinski definition) is 0. The van der Waals surface area contributed by atoms with Gasteiger partial charge in [-0.2, -0.15) is 5.26 Å². The van der Waals surface area contributed by atoms with Crippen molar-refractivity contribution < 1.29 is 0 Å². The summed E-state index contributed by atoms with van der Waals surface area (Å²) in [5, 5.41) is 25.6. The highest BCUT2D eigenvalue weighted by atomic mass is 32.1. The summed E-state index contributed by atoms with van der Waals surface area (Å²) in [5.74, 6) is 0. The summed E-state index contributed by atoms with van der Waals surface area (Å²) in [5.41, 5.74) is 12.6. The number of nitrogens with zero attached hydrogens (tertiary/aromatic N) is 6. The number of para-hydroxylation sites is 4. The molecular formula is C68H36N6S2. The fourth-order valence-corrected chi connectivity index (χ4v) is 15.0. The Morgan fingerprint density at radius 1 is 0.316 bits per heavy atom. The van der Waals surface area contributed by atoms with Crippen LogP contribution in [0.2, 0.25) is 0 Å². The zero-order valence-electron chi connectivity index (χ0n) is 40.3. The smallest absolute Gasteiger partial charge is 0.212 e. The van der Waals surface area contributed by atoms with Gasteiger partial charge in [-0.3, -0.25) is 0 Å². The second kappa shape index (κ2) is 15.3. The maximum Gasteiger partial charge on any atom is 0.212 e. The maximum absolute atomic E-state index is 11.6. The summed E-state index contributed by atoms with van der Waals surface area (Å²) in [6.07, 6.45) is 0. The minimum atomic E-state index is 0.447. The number of thiophene rings is 2. The lowest BCUT2D eigenvalue weighted by Crippen LogP contribution is -2.02. The van der Waals surface area contributed by atoms with Crippen LogP contribution in [0.3, 0.4) is 0 Å². The van der Waals surface area contributed by atoms with E-state index in [0.29, 0.717) is 22.6 Å². The lowest BCUT2D eigenvalue weighted by Gasteiger charge is -2.17. The van der Waals surface area contributed by atoms with E-state index in [9.17, 15) is 5.26 Å². The molecule has 0 amide bonds. The third-order valence-electron chi connectivity index (χ3n) is 16.0. The van der Waals surface area contributed by atoms with Gasteiger partial charge in [0.1, 0.15) is 6.07 Å². The topological polar surface area (TPSA) is 47.9 Å². The van der Waals surface area contributed by atoms with E-state index in [1.807, 2.05) is 12.1 Å². The average molecular weight is 1000 g/mol. The van der Waals surface area contributed by atoms with Crippen molar-refractivity contribution in [2.24, 2.45) is 0 Å². The Labute approximate surface area is 441 Å². The minimum absolute atomic E-state index is 0.447. The highest BCUT2D eigenvalue weighted by Crippen LogP contribution is 2.47. The molecule has 8 heteroatoms. The van der Waals surface area contributed by atoms with Gasteiger partial charge in [-0.1, -0.05) is 121 Å². The first-order valence-corrected chi connectivity index (χ1v) is 27.0. The zero-order chi connectivity index (χ0) is 49.9. The molecule has 11 aromatic carbocycles. The van der Waals surface area contributed by atoms with E-state index in [2.05, 4.69) is 235 Å². The largest absolute Gasteiger partial charge is 0.319 e. The number of hydrogen-bond acceptors (Lipinski definition) is 3. The van der Waals surface area contributed by atoms with E-state index >= 15 is 0 Å². The number of nitriles is 1. The summed E-state index contributed by atoms with van der Waals surface area (Å²) in [6, 6.07) is 80.9. The van der Waals surface area contributed by atoms with E-state index in [4.69, 9.17) is 6.57 Å². The Balaban J connectivity index is 0.964. The average Bonchev–Trinajstić information content (AvgIpc) is 4.41. The second-order valence-electron chi connectivity index (χ2n) is 19.8. The van der Waals surface area contributed by atoms with Crippen molar-refractivity contribution in [3.8, 4) is 28.8 Å². The van der Waals surface area contributed by atoms with Gasteiger partial charge in [0.05, 0.1) is 67.6 Å². The maximum atomic E-state index is 11.6. The first-order valence-electron chi connectivity index (χ1n) is 25.3. The molecule has 6 heterocycles. The number of benzene rings is 11. The van der Waals surface area contributed by atoms with Crippen LogP contribution in [0.15, 0.2) is 218 Å². The molecule has 17 rings (SSSR count). The molecule has 0 bridgehead atoms. The molecule has 76 heavy (non-hydrogen) atoms. The van der Waals surface area contributed by atoms with Crippen molar-refractivity contribution in [1.29, 1.82) is 5.26 Å². The Morgan fingerprint density at radius 3 is 1.13 bits per heavy atom. The molecule has 0 unspecified atom stereocenters. The van der Waals surface area contributed by atoms with Crippen LogP contribution in [0.25, 0.3) is 155 Å². The van der Waals surface area contributed by atoms with Crippen molar-refractivity contribution in [3.63, 3.8) is 0 Å². The SMILES string of the molecule is [C-]#[N+]c1cc(-n2c3cc(-n4c5ccccc5c5ccccc54)ccc3c3cc4c(cc32)sc2ccccc24)c(C#N)cc1-n1c2cc(-n3c4ccccc4c4ccccc43)ccc2c2cc3c(cc21)sc1ccccc13. The fourth-order valence-electron chi connectivity index (χ4n) is 12.8. The van der Waals surface area contributed by atoms with Gasteiger partial charge in [-0.15, -0.1) is 22.7 Å². The lowest BCUT2D eigenvalue weighted by atomic mass is 10.1. The zero-order valence-corrected chi connectivity index (χ0v) is 41.9. The van der Waals surface area contributed by atoms with Crippen LogP contribution < -0.4 is 0 Å². The van der Waals surface area contributed by atoms with Gasteiger partial charge in [0, 0.05) is 94.8 Å². The Hall–Kier alpha value is -9.96. The van der Waals surface area contributed by atoms with Crippen LogP contribution in [-0.4, -0.2) is 18.3 Å². The number of rotatable bonds is 4. The normalized spacial score (nSPS) is 12.2. The molecule has 0 saturated heterocycles. The van der Waals surface area contributed by atoms with Gasteiger partial charge in [0.25, 0.3) is 0 Å². The molecule has 17 aromatic rings. The van der Waals surface area contributed by atoms with E-state index in [1.165, 1.54) is 57.2 Å². The molecule has 0 saturated carbocycles. The molecule has 0 fully saturated rings. The van der Waals surface area contributed by atoms with Crippen molar-refractivity contribution in [2.75, 3.05) is 0 Å². The van der Waals surface area contributed by atoms with E-state index in [-0.39, 0.29) is 0 Å². The monoisotopic (exact) mass is 1000 g/mol. The van der Waals surface area contributed by atoms with Gasteiger partial charge < -0.3 is 18.3 Å². The van der Waals surface area contributed by atoms with Crippen molar-refractivity contribution in [2.45, 2.75) is 0 Å². The van der Waals surface area contributed by atoms with Crippen LogP contribution >= 0.6 is 22.7 Å². The molecule has 6 nitrogen and oxygen atoms in total. The number of fused-ring (bicyclic) bond motifs is 18. The predicted octanol–water partition coefficient (Wildman–Crippen LogP) is 19.2. The van der Waals surface area contributed by atoms with Crippen molar-refractivity contribution in [3.05, 3.63) is 235 Å². The lowest BCUT2D eigenvalue weighted by molar-refractivity contribution is 1.13. The van der Waals surface area contributed by atoms with E-state index in [1.54, 1.807) is 22.7 Å². The minimum Gasteiger partial charge on any atom is -0.319 e. The van der Waals surface area contributed by atoms with Crippen LogP contribution in [-0.2, 0) is 0 Å². The summed E-state index contributed by atoms with van der Waals surface area (Å²) < 4.78 is 14.0. The quantitative estimate of drug-likeness (QED) is 0.162. The molecule has 0 aliphatic carbocycles. The van der Waals surface area contributed by atoms with Crippen LogP contribution in [0.4, 0.5) is 5.69 Å².